The van der Waals surface area contributed by atoms with E-state index in [0.717, 1.165) is 28.9 Å². The third-order valence-corrected chi connectivity index (χ3v) is 3.36. The van der Waals surface area contributed by atoms with Crippen molar-refractivity contribution >= 4 is 11.7 Å². The van der Waals surface area contributed by atoms with Gasteiger partial charge in [0.15, 0.2) is 0 Å². The summed E-state index contributed by atoms with van der Waals surface area (Å²) in [5, 5.41) is 13.9. The molecule has 0 aliphatic rings. The van der Waals surface area contributed by atoms with E-state index in [0.29, 0.717) is 12.2 Å². The Morgan fingerprint density at radius 1 is 1.47 bits per heavy atom. The van der Waals surface area contributed by atoms with Crippen LogP contribution in [-0.4, -0.2) is 25.9 Å². The fourth-order valence-corrected chi connectivity index (χ4v) is 2.10. The van der Waals surface area contributed by atoms with Gasteiger partial charge in [-0.3, -0.25) is 14.6 Å². The number of aromatic amines is 1. The number of hydrogen-bond donors (Lipinski definition) is 2. The van der Waals surface area contributed by atoms with Crippen LogP contribution < -0.4 is 5.32 Å². The molecule has 6 heteroatoms. The van der Waals surface area contributed by atoms with Gasteiger partial charge in [0.2, 0.25) is 5.91 Å². The summed E-state index contributed by atoms with van der Waals surface area (Å²) in [5.74, 6) is 0.629. The van der Waals surface area contributed by atoms with Crippen LogP contribution in [0.2, 0.25) is 0 Å². The maximum absolute atomic E-state index is 12.1. The van der Waals surface area contributed by atoms with Gasteiger partial charge < -0.3 is 5.32 Å². The summed E-state index contributed by atoms with van der Waals surface area (Å²) >= 11 is 0. The Morgan fingerprint density at radius 2 is 2.21 bits per heavy atom. The summed E-state index contributed by atoms with van der Waals surface area (Å²) in [5.41, 5.74) is 3.91. The molecule has 19 heavy (non-hydrogen) atoms. The van der Waals surface area contributed by atoms with Gasteiger partial charge in [-0.25, -0.2) is 0 Å². The van der Waals surface area contributed by atoms with E-state index in [-0.39, 0.29) is 5.91 Å². The van der Waals surface area contributed by atoms with Gasteiger partial charge in [-0.15, -0.1) is 0 Å². The van der Waals surface area contributed by atoms with Crippen LogP contribution in [0.3, 0.4) is 0 Å². The highest BCUT2D eigenvalue weighted by atomic mass is 16.1. The predicted octanol–water partition coefficient (Wildman–Crippen LogP) is 1.50. The largest absolute Gasteiger partial charge is 0.311 e. The Labute approximate surface area is 112 Å². The van der Waals surface area contributed by atoms with Crippen molar-refractivity contribution in [2.45, 2.75) is 33.6 Å². The number of carbonyl (C=O) groups excluding carboxylic acids is 1. The SMILES string of the molecule is CCc1cn[nH]c1NC(=O)Cc1c(C)nn(C)c1C. The maximum Gasteiger partial charge on any atom is 0.230 e. The van der Waals surface area contributed by atoms with E-state index in [9.17, 15) is 4.79 Å². The Kier molecular flexibility index (Phi) is 3.69. The Bertz CT molecular complexity index is 596. The molecule has 0 aliphatic heterocycles. The minimum Gasteiger partial charge on any atom is -0.311 e. The zero-order valence-electron chi connectivity index (χ0n) is 11.7. The van der Waals surface area contributed by atoms with Gasteiger partial charge in [0, 0.05) is 23.9 Å². The molecule has 0 radical (unpaired) electrons. The highest BCUT2D eigenvalue weighted by molar-refractivity contribution is 5.92. The molecule has 0 aromatic carbocycles. The van der Waals surface area contributed by atoms with Crippen molar-refractivity contribution in [1.82, 2.24) is 20.0 Å². The molecule has 0 unspecified atom stereocenters. The molecule has 2 heterocycles. The number of carbonyl (C=O) groups is 1. The second kappa shape index (κ2) is 5.26. The second-order valence-electron chi connectivity index (χ2n) is 4.62. The zero-order chi connectivity index (χ0) is 14.0. The molecular formula is C13H19N5O. The highest BCUT2D eigenvalue weighted by Gasteiger charge is 2.14. The van der Waals surface area contributed by atoms with E-state index in [4.69, 9.17) is 0 Å². The van der Waals surface area contributed by atoms with Crippen molar-refractivity contribution in [3.63, 3.8) is 0 Å². The van der Waals surface area contributed by atoms with Gasteiger partial charge in [-0.05, 0) is 20.3 Å². The molecule has 0 aliphatic carbocycles. The first-order chi connectivity index (χ1) is 9.02. The van der Waals surface area contributed by atoms with Crippen molar-refractivity contribution in [1.29, 1.82) is 0 Å². The van der Waals surface area contributed by atoms with Gasteiger partial charge in [0.25, 0.3) is 0 Å². The van der Waals surface area contributed by atoms with E-state index in [1.165, 1.54) is 0 Å². The lowest BCUT2D eigenvalue weighted by Crippen LogP contribution is -2.16. The minimum atomic E-state index is -0.0573. The van der Waals surface area contributed by atoms with Crippen LogP contribution in [-0.2, 0) is 24.7 Å². The summed E-state index contributed by atoms with van der Waals surface area (Å²) in [6.45, 7) is 5.91. The summed E-state index contributed by atoms with van der Waals surface area (Å²) in [6.07, 6.45) is 2.89. The van der Waals surface area contributed by atoms with Crippen molar-refractivity contribution in [3.05, 3.63) is 28.7 Å². The quantitative estimate of drug-likeness (QED) is 0.875. The Hall–Kier alpha value is -2.11. The molecule has 0 spiro atoms. The van der Waals surface area contributed by atoms with Crippen molar-refractivity contribution in [3.8, 4) is 0 Å². The molecule has 1 amide bonds. The third-order valence-electron chi connectivity index (χ3n) is 3.36. The number of nitrogens with zero attached hydrogens (tertiary/aromatic N) is 3. The standard InChI is InChI=1S/C13H19N5O/c1-5-10-7-14-16-13(10)15-12(19)6-11-8(2)17-18(4)9(11)3/h7H,5-6H2,1-4H3,(H2,14,15,16,19). The number of aryl methyl sites for hydroxylation is 3. The van der Waals surface area contributed by atoms with Gasteiger partial charge in [-0.1, -0.05) is 6.92 Å². The van der Waals surface area contributed by atoms with Crippen LogP contribution in [0.25, 0.3) is 0 Å². The second-order valence-corrected chi connectivity index (χ2v) is 4.62. The van der Waals surface area contributed by atoms with Crippen LogP contribution in [0.5, 0.6) is 0 Å². The van der Waals surface area contributed by atoms with E-state index < -0.39 is 0 Å². The van der Waals surface area contributed by atoms with Crippen LogP contribution in [0.4, 0.5) is 5.82 Å². The normalized spacial score (nSPS) is 10.7. The molecule has 0 atom stereocenters. The maximum atomic E-state index is 12.1. The monoisotopic (exact) mass is 261 g/mol. The van der Waals surface area contributed by atoms with Crippen molar-refractivity contribution in [2.75, 3.05) is 5.32 Å². The topological polar surface area (TPSA) is 75.6 Å². The number of nitrogens with one attached hydrogen (secondary N) is 2. The van der Waals surface area contributed by atoms with Crippen molar-refractivity contribution < 1.29 is 4.79 Å². The lowest BCUT2D eigenvalue weighted by molar-refractivity contribution is -0.115. The molecule has 2 aromatic heterocycles. The average molecular weight is 261 g/mol. The molecule has 6 nitrogen and oxygen atoms in total. The predicted molar refractivity (Wildman–Crippen MR) is 73.0 cm³/mol. The molecule has 0 saturated carbocycles. The highest BCUT2D eigenvalue weighted by Crippen LogP contribution is 2.15. The number of anilines is 1. The lowest BCUT2D eigenvalue weighted by Gasteiger charge is -2.05. The molecule has 102 valence electrons. The molecule has 0 bridgehead atoms. The van der Waals surface area contributed by atoms with Crippen LogP contribution >= 0.6 is 0 Å². The number of H-pyrrole nitrogens is 1. The van der Waals surface area contributed by atoms with E-state index in [1.54, 1.807) is 10.9 Å². The zero-order valence-corrected chi connectivity index (χ0v) is 11.7. The molecule has 2 N–H and O–H groups in total. The van der Waals surface area contributed by atoms with E-state index in [1.807, 2.05) is 27.8 Å². The van der Waals surface area contributed by atoms with Crippen LogP contribution in [0, 0.1) is 13.8 Å². The Morgan fingerprint density at radius 3 is 2.79 bits per heavy atom. The van der Waals surface area contributed by atoms with E-state index in [2.05, 4.69) is 20.6 Å². The van der Waals surface area contributed by atoms with Gasteiger partial charge in [-0.2, -0.15) is 10.2 Å². The summed E-state index contributed by atoms with van der Waals surface area (Å²) in [6, 6.07) is 0. The van der Waals surface area contributed by atoms with Crippen molar-refractivity contribution in [2.24, 2.45) is 7.05 Å². The van der Waals surface area contributed by atoms with Gasteiger partial charge in [0.05, 0.1) is 18.3 Å². The molecular weight excluding hydrogens is 242 g/mol. The third kappa shape index (κ3) is 2.67. The van der Waals surface area contributed by atoms with E-state index >= 15 is 0 Å². The molecule has 2 rings (SSSR count). The number of hydrogen-bond acceptors (Lipinski definition) is 3. The van der Waals surface area contributed by atoms with Gasteiger partial charge >= 0.3 is 0 Å². The Balaban J connectivity index is 2.10. The molecule has 2 aromatic rings. The summed E-state index contributed by atoms with van der Waals surface area (Å²) in [7, 11) is 1.88. The fraction of sp³-hybridized carbons (Fsp3) is 0.462. The molecule has 0 saturated heterocycles. The summed E-state index contributed by atoms with van der Waals surface area (Å²) < 4.78 is 1.80. The number of aromatic nitrogens is 4. The average Bonchev–Trinajstić information content (AvgIpc) is 2.89. The van der Waals surface area contributed by atoms with Gasteiger partial charge in [0.1, 0.15) is 5.82 Å². The summed E-state index contributed by atoms with van der Waals surface area (Å²) in [4.78, 5) is 12.1. The lowest BCUT2D eigenvalue weighted by atomic mass is 10.1. The first-order valence-electron chi connectivity index (χ1n) is 6.34. The smallest absolute Gasteiger partial charge is 0.230 e. The first-order valence-corrected chi connectivity index (χ1v) is 6.34. The number of amides is 1. The minimum absolute atomic E-state index is 0.0573. The first kappa shape index (κ1) is 13.3. The number of rotatable bonds is 4. The van der Waals surface area contributed by atoms with Crippen LogP contribution in [0.15, 0.2) is 6.20 Å². The fourth-order valence-electron chi connectivity index (χ4n) is 2.10. The van der Waals surface area contributed by atoms with Crippen LogP contribution in [0.1, 0.15) is 29.4 Å². The molecule has 0 fully saturated rings.